The molecule has 0 aromatic carbocycles. The van der Waals surface area contributed by atoms with Crippen LogP contribution in [0.5, 0.6) is 0 Å². The van der Waals surface area contributed by atoms with E-state index < -0.39 is 0 Å². The predicted molar refractivity (Wildman–Crippen MR) is 84.6 cm³/mol. The van der Waals surface area contributed by atoms with Crippen LogP contribution in [0.1, 0.15) is 56.8 Å². The van der Waals surface area contributed by atoms with Gasteiger partial charge in [-0.25, -0.2) is 4.98 Å². The number of pyridine rings is 1. The van der Waals surface area contributed by atoms with Crippen molar-refractivity contribution >= 4 is 21.8 Å². The first-order chi connectivity index (χ1) is 9.38. The van der Waals surface area contributed by atoms with Crippen LogP contribution in [-0.4, -0.2) is 16.9 Å². The van der Waals surface area contributed by atoms with E-state index in [1.54, 1.807) is 18.3 Å². The van der Waals surface area contributed by atoms with Crippen LogP contribution in [0.2, 0.25) is 0 Å². The summed E-state index contributed by atoms with van der Waals surface area (Å²) in [5.41, 5.74) is 0.863. The van der Waals surface area contributed by atoms with Gasteiger partial charge in [0.05, 0.1) is 5.56 Å². The molecule has 1 N–H and O–H groups in total. The van der Waals surface area contributed by atoms with Gasteiger partial charge in [-0.05, 0) is 52.2 Å². The molecule has 1 fully saturated rings. The van der Waals surface area contributed by atoms with Crippen molar-refractivity contribution in [2.75, 3.05) is 0 Å². The highest BCUT2D eigenvalue weighted by atomic mass is 79.9. The summed E-state index contributed by atoms with van der Waals surface area (Å²) in [7, 11) is 0. The Bertz CT molecular complexity index is 464. The van der Waals surface area contributed by atoms with Crippen LogP contribution in [0.15, 0.2) is 22.9 Å². The van der Waals surface area contributed by atoms with E-state index in [-0.39, 0.29) is 17.4 Å². The Morgan fingerprint density at radius 2 is 2.00 bits per heavy atom. The van der Waals surface area contributed by atoms with Crippen molar-refractivity contribution in [1.29, 1.82) is 0 Å². The number of nitrogens with zero attached hydrogens (tertiary/aromatic N) is 1. The second-order valence-electron chi connectivity index (χ2n) is 6.71. The first-order valence-electron chi connectivity index (χ1n) is 7.30. The van der Waals surface area contributed by atoms with Gasteiger partial charge in [0.15, 0.2) is 0 Å². The molecule has 2 rings (SSSR count). The number of carbonyl (C=O) groups excluding carboxylic acids is 1. The maximum Gasteiger partial charge on any atom is 0.253 e. The van der Waals surface area contributed by atoms with Gasteiger partial charge in [-0.15, -0.1) is 0 Å². The smallest absolute Gasteiger partial charge is 0.253 e. The van der Waals surface area contributed by atoms with Crippen LogP contribution >= 0.6 is 15.9 Å². The van der Waals surface area contributed by atoms with Gasteiger partial charge in [0, 0.05) is 12.2 Å². The SMILES string of the molecule is CC(C)(C)C1CCCCC1NC(=O)c1ccc(Br)nc1. The standard InChI is InChI=1S/C16H23BrN2O/c1-16(2,3)12-6-4-5-7-13(12)19-15(20)11-8-9-14(17)18-10-11/h8-10,12-13H,4-7H2,1-3H3,(H,19,20). The number of nitrogens with one attached hydrogen (secondary N) is 1. The molecule has 0 spiro atoms. The zero-order valence-electron chi connectivity index (χ0n) is 12.4. The molecule has 0 radical (unpaired) electrons. The monoisotopic (exact) mass is 338 g/mol. The lowest BCUT2D eigenvalue weighted by molar-refractivity contribution is 0.0829. The second-order valence-corrected chi connectivity index (χ2v) is 7.52. The molecule has 2 atom stereocenters. The maximum absolute atomic E-state index is 12.3. The van der Waals surface area contributed by atoms with E-state index in [4.69, 9.17) is 0 Å². The van der Waals surface area contributed by atoms with Crippen LogP contribution in [0.25, 0.3) is 0 Å². The molecular weight excluding hydrogens is 316 g/mol. The van der Waals surface area contributed by atoms with E-state index >= 15 is 0 Å². The Balaban J connectivity index is 2.07. The van der Waals surface area contributed by atoms with Gasteiger partial charge in [-0.3, -0.25) is 4.79 Å². The van der Waals surface area contributed by atoms with Gasteiger partial charge in [0.1, 0.15) is 4.60 Å². The minimum absolute atomic E-state index is 0.00819. The summed E-state index contributed by atoms with van der Waals surface area (Å²) < 4.78 is 0.749. The summed E-state index contributed by atoms with van der Waals surface area (Å²) in [4.78, 5) is 16.4. The van der Waals surface area contributed by atoms with Gasteiger partial charge in [-0.2, -0.15) is 0 Å². The molecule has 110 valence electrons. The first-order valence-corrected chi connectivity index (χ1v) is 8.09. The quantitative estimate of drug-likeness (QED) is 0.822. The van der Waals surface area contributed by atoms with E-state index in [9.17, 15) is 4.79 Å². The zero-order valence-corrected chi connectivity index (χ0v) is 14.0. The highest BCUT2D eigenvalue weighted by molar-refractivity contribution is 9.10. The Labute approximate surface area is 129 Å². The van der Waals surface area contributed by atoms with E-state index in [2.05, 4.69) is 47.0 Å². The molecule has 1 heterocycles. The fourth-order valence-corrected chi connectivity index (χ4v) is 3.34. The van der Waals surface area contributed by atoms with Crippen LogP contribution in [0.4, 0.5) is 0 Å². The van der Waals surface area contributed by atoms with Crippen molar-refractivity contribution in [2.45, 2.75) is 52.5 Å². The summed E-state index contributed by atoms with van der Waals surface area (Å²) in [5, 5.41) is 3.22. The van der Waals surface area contributed by atoms with Gasteiger partial charge < -0.3 is 5.32 Å². The highest BCUT2D eigenvalue weighted by Gasteiger charge is 2.34. The van der Waals surface area contributed by atoms with Crippen molar-refractivity contribution in [3.05, 3.63) is 28.5 Å². The molecule has 20 heavy (non-hydrogen) atoms. The molecule has 2 unspecified atom stereocenters. The van der Waals surface area contributed by atoms with Crippen molar-refractivity contribution < 1.29 is 4.79 Å². The normalized spacial score (nSPS) is 23.4. The first kappa shape index (κ1) is 15.5. The molecule has 0 saturated heterocycles. The third-order valence-electron chi connectivity index (χ3n) is 4.18. The van der Waals surface area contributed by atoms with E-state index in [0.717, 1.165) is 11.0 Å². The third-order valence-corrected chi connectivity index (χ3v) is 4.65. The number of aromatic nitrogens is 1. The summed E-state index contributed by atoms with van der Waals surface area (Å²) in [5.74, 6) is 0.537. The van der Waals surface area contributed by atoms with Gasteiger partial charge in [0.2, 0.25) is 0 Å². The third kappa shape index (κ3) is 3.81. The van der Waals surface area contributed by atoms with Crippen molar-refractivity contribution in [3.63, 3.8) is 0 Å². The maximum atomic E-state index is 12.3. The molecule has 1 aliphatic rings. The van der Waals surface area contributed by atoms with Gasteiger partial charge in [0.25, 0.3) is 5.91 Å². The minimum Gasteiger partial charge on any atom is -0.349 e. The summed E-state index contributed by atoms with van der Waals surface area (Å²) in [6.07, 6.45) is 6.38. The van der Waals surface area contributed by atoms with Crippen molar-refractivity contribution in [1.82, 2.24) is 10.3 Å². The summed E-state index contributed by atoms with van der Waals surface area (Å²) in [6.45, 7) is 6.80. The molecule has 1 aromatic rings. The number of rotatable bonds is 2. The van der Waals surface area contributed by atoms with E-state index in [0.29, 0.717) is 11.5 Å². The lowest BCUT2D eigenvalue weighted by Gasteiger charge is -2.40. The number of hydrogen-bond acceptors (Lipinski definition) is 2. The lowest BCUT2D eigenvalue weighted by atomic mass is 9.69. The average Bonchev–Trinajstić information content (AvgIpc) is 2.38. The molecule has 1 saturated carbocycles. The molecule has 1 aliphatic carbocycles. The Morgan fingerprint density at radius 3 is 2.60 bits per heavy atom. The van der Waals surface area contributed by atoms with Crippen molar-refractivity contribution in [3.8, 4) is 0 Å². The highest BCUT2D eigenvalue weighted by Crippen LogP contribution is 2.38. The number of hydrogen-bond donors (Lipinski definition) is 1. The largest absolute Gasteiger partial charge is 0.349 e. The fourth-order valence-electron chi connectivity index (χ4n) is 3.10. The van der Waals surface area contributed by atoms with Crippen molar-refractivity contribution in [2.24, 2.45) is 11.3 Å². The molecule has 1 aromatic heterocycles. The Morgan fingerprint density at radius 1 is 1.30 bits per heavy atom. The molecule has 0 aliphatic heterocycles. The average molecular weight is 339 g/mol. The molecule has 3 nitrogen and oxygen atoms in total. The molecule has 4 heteroatoms. The van der Waals surface area contributed by atoms with Crippen LogP contribution in [-0.2, 0) is 0 Å². The second kappa shape index (κ2) is 6.25. The number of halogens is 1. The van der Waals surface area contributed by atoms with Crippen LogP contribution < -0.4 is 5.32 Å². The molecular formula is C16H23BrN2O. The van der Waals surface area contributed by atoms with Crippen LogP contribution in [0, 0.1) is 11.3 Å². The van der Waals surface area contributed by atoms with Crippen LogP contribution in [0.3, 0.4) is 0 Å². The summed E-state index contributed by atoms with van der Waals surface area (Å²) >= 11 is 3.29. The lowest BCUT2D eigenvalue weighted by Crippen LogP contribution is -2.46. The minimum atomic E-state index is -0.00819. The predicted octanol–water partition coefficient (Wildman–Crippen LogP) is 4.18. The topological polar surface area (TPSA) is 42.0 Å². The Hall–Kier alpha value is -0.900. The van der Waals surface area contributed by atoms with E-state index in [1.165, 1.54) is 19.3 Å². The zero-order chi connectivity index (χ0) is 14.8. The summed E-state index contributed by atoms with van der Waals surface area (Å²) in [6, 6.07) is 3.89. The molecule has 0 bridgehead atoms. The fraction of sp³-hybridized carbons (Fsp3) is 0.625. The van der Waals surface area contributed by atoms with E-state index in [1.807, 2.05) is 0 Å². The number of carbonyl (C=O) groups is 1. The van der Waals surface area contributed by atoms with Gasteiger partial charge in [-0.1, -0.05) is 33.6 Å². The van der Waals surface area contributed by atoms with Gasteiger partial charge >= 0.3 is 0 Å². The Kier molecular flexibility index (Phi) is 4.84. The number of amides is 1. The molecule has 1 amide bonds.